The molecule has 4 heteroatoms. The average Bonchev–Trinajstić information content (AvgIpc) is 3.24. The molecule has 20 heavy (non-hydrogen) atoms. The van der Waals surface area contributed by atoms with Crippen LogP contribution in [0, 0.1) is 5.92 Å². The van der Waals surface area contributed by atoms with Gasteiger partial charge < -0.3 is 10.6 Å². The minimum absolute atomic E-state index is 0.0933. The highest BCUT2D eigenvalue weighted by Gasteiger charge is 2.26. The highest BCUT2D eigenvalue weighted by molar-refractivity contribution is 9.10. The number of nitrogens with two attached hydrogens (primary N) is 1. The van der Waals surface area contributed by atoms with Crippen molar-refractivity contribution in [3.8, 4) is 0 Å². The molecule has 2 aliphatic rings. The monoisotopic (exact) mass is 337 g/mol. The third-order valence-corrected chi connectivity index (χ3v) is 5.06. The standard InChI is InChI=1S/C16H24BrN3/c1-12(18)14-4-5-16(15(17)10-14)20-8-6-19(7-9-20)11-13-2-3-13/h4-5,10,12-13H,2-3,6-9,11,18H2,1H3. The van der Waals surface area contributed by atoms with Crippen LogP contribution >= 0.6 is 15.9 Å². The zero-order valence-electron chi connectivity index (χ0n) is 12.2. The highest BCUT2D eigenvalue weighted by Crippen LogP contribution is 2.32. The van der Waals surface area contributed by atoms with Crippen molar-refractivity contribution in [2.24, 2.45) is 11.7 Å². The predicted molar refractivity (Wildman–Crippen MR) is 88.1 cm³/mol. The summed E-state index contributed by atoms with van der Waals surface area (Å²) in [5.41, 5.74) is 8.43. The first-order chi connectivity index (χ1) is 9.63. The van der Waals surface area contributed by atoms with E-state index in [4.69, 9.17) is 5.73 Å². The molecule has 1 unspecified atom stereocenters. The van der Waals surface area contributed by atoms with Gasteiger partial charge in [-0.15, -0.1) is 0 Å². The van der Waals surface area contributed by atoms with Gasteiger partial charge in [0.25, 0.3) is 0 Å². The van der Waals surface area contributed by atoms with E-state index in [9.17, 15) is 0 Å². The topological polar surface area (TPSA) is 32.5 Å². The lowest BCUT2D eigenvalue weighted by atomic mass is 10.1. The van der Waals surface area contributed by atoms with Crippen molar-refractivity contribution in [3.05, 3.63) is 28.2 Å². The Morgan fingerprint density at radius 1 is 1.25 bits per heavy atom. The van der Waals surface area contributed by atoms with Crippen LogP contribution in [0.25, 0.3) is 0 Å². The van der Waals surface area contributed by atoms with Crippen LogP contribution < -0.4 is 10.6 Å². The Kier molecular flexibility index (Phi) is 4.34. The minimum atomic E-state index is 0.0933. The van der Waals surface area contributed by atoms with Crippen molar-refractivity contribution < 1.29 is 0 Å². The van der Waals surface area contributed by atoms with E-state index in [1.807, 2.05) is 6.92 Å². The average molecular weight is 338 g/mol. The number of piperazine rings is 1. The van der Waals surface area contributed by atoms with Gasteiger partial charge >= 0.3 is 0 Å². The molecule has 1 saturated carbocycles. The van der Waals surface area contributed by atoms with E-state index in [2.05, 4.69) is 43.9 Å². The summed E-state index contributed by atoms with van der Waals surface area (Å²) < 4.78 is 1.17. The van der Waals surface area contributed by atoms with Gasteiger partial charge in [0.1, 0.15) is 0 Å². The first-order valence-corrected chi connectivity index (χ1v) is 8.45. The molecule has 3 rings (SSSR count). The van der Waals surface area contributed by atoms with Crippen molar-refractivity contribution in [1.29, 1.82) is 0 Å². The van der Waals surface area contributed by atoms with Crippen LogP contribution in [0.5, 0.6) is 0 Å². The lowest BCUT2D eigenvalue weighted by molar-refractivity contribution is 0.248. The molecule has 0 spiro atoms. The van der Waals surface area contributed by atoms with Gasteiger partial charge in [-0.25, -0.2) is 0 Å². The molecule has 110 valence electrons. The van der Waals surface area contributed by atoms with E-state index in [-0.39, 0.29) is 6.04 Å². The quantitative estimate of drug-likeness (QED) is 0.916. The van der Waals surface area contributed by atoms with E-state index in [1.165, 1.54) is 48.2 Å². The number of hydrogen-bond acceptors (Lipinski definition) is 3. The Labute approximate surface area is 130 Å². The van der Waals surface area contributed by atoms with Crippen molar-refractivity contribution in [2.45, 2.75) is 25.8 Å². The first-order valence-electron chi connectivity index (χ1n) is 7.66. The summed E-state index contributed by atoms with van der Waals surface area (Å²) in [5, 5.41) is 0. The molecule has 0 bridgehead atoms. The lowest BCUT2D eigenvalue weighted by Crippen LogP contribution is -2.47. The van der Waals surface area contributed by atoms with Crippen LogP contribution in [0.15, 0.2) is 22.7 Å². The van der Waals surface area contributed by atoms with Crippen molar-refractivity contribution in [3.63, 3.8) is 0 Å². The molecule has 1 aromatic carbocycles. The fraction of sp³-hybridized carbons (Fsp3) is 0.625. The zero-order valence-corrected chi connectivity index (χ0v) is 13.8. The number of nitrogens with zero attached hydrogens (tertiary/aromatic N) is 2. The van der Waals surface area contributed by atoms with Crippen LogP contribution in [-0.4, -0.2) is 37.6 Å². The largest absolute Gasteiger partial charge is 0.368 e. The maximum Gasteiger partial charge on any atom is 0.0511 e. The normalized spacial score (nSPS) is 22.1. The van der Waals surface area contributed by atoms with Gasteiger partial charge in [0.05, 0.1) is 5.69 Å². The molecule has 1 saturated heterocycles. The van der Waals surface area contributed by atoms with Gasteiger partial charge in [-0.2, -0.15) is 0 Å². The second kappa shape index (κ2) is 6.04. The number of halogens is 1. The fourth-order valence-electron chi connectivity index (χ4n) is 2.90. The third kappa shape index (κ3) is 3.35. The highest BCUT2D eigenvalue weighted by atomic mass is 79.9. The molecule has 1 aliphatic carbocycles. The van der Waals surface area contributed by atoms with Gasteiger partial charge in [0, 0.05) is 43.2 Å². The molecule has 0 radical (unpaired) electrons. The molecule has 0 aromatic heterocycles. The van der Waals surface area contributed by atoms with E-state index < -0.39 is 0 Å². The Morgan fingerprint density at radius 2 is 1.95 bits per heavy atom. The third-order valence-electron chi connectivity index (χ3n) is 4.42. The molecule has 1 aromatic rings. The van der Waals surface area contributed by atoms with Gasteiger partial charge in [-0.1, -0.05) is 6.07 Å². The fourth-order valence-corrected chi connectivity index (χ4v) is 3.55. The summed E-state index contributed by atoms with van der Waals surface area (Å²) in [6.45, 7) is 7.98. The predicted octanol–water partition coefficient (Wildman–Crippen LogP) is 3.00. The number of hydrogen-bond donors (Lipinski definition) is 1. The Bertz CT molecular complexity index is 463. The van der Waals surface area contributed by atoms with Crippen molar-refractivity contribution in [1.82, 2.24) is 4.90 Å². The summed E-state index contributed by atoms with van der Waals surface area (Å²) in [7, 11) is 0. The number of benzene rings is 1. The SMILES string of the molecule is CC(N)c1ccc(N2CCN(CC3CC3)CC2)c(Br)c1. The Balaban J connectivity index is 1.62. The van der Waals surface area contributed by atoms with Crippen LogP contribution in [0.4, 0.5) is 5.69 Å². The smallest absolute Gasteiger partial charge is 0.0511 e. The summed E-state index contributed by atoms with van der Waals surface area (Å²) >= 11 is 3.71. The van der Waals surface area contributed by atoms with Crippen molar-refractivity contribution in [2.75, 3.05) is 37.6 Å². The Hall–Kier alpha value is -0.580. The van der Waals surface area contributed by atoms with Crippen LogP contribution in [0.2, 0.25) is 0 Å². The summed E-state index contributed by atoms with van der Waals surface area (Å²) in [6.07, 6.45) is 2.90. The maximum atomic E-state index is 5.94. The molecule has 0 amide bonds. The molecule has 2 N–H and O–H groups in total. The lowest BCUT2D eigenvalue weighted by Gasteiger charge is -2.36. The molecule has 1 atom stereocenters. The summed E-state index contributed by atoms with van der Waals surface area (Å²) in [4.78, 5) is 5.11. The Morgan fingerprint density at radius 3 is 2.50 bits per heavy atom. The maximum absolute atomic E-state index is 5.94. The number of anilines is 1. The van der Waals surface area contributed by atoms with Gasteiger partial charge in [0.2, 0.25) is 0 Å². The van der Waals surface area contributed by atoms with Crippen LogP contribution in [0.3, 0.4) is 0 Å². The molecular formula is C16H24BrN3. The van der Waals surface area contributed by atoms with E-state index in [0.29, 0.717) is 0 Å². The van der Waals surface area contributed by atoms with E-state index >= 15 is 0 Å². The minimum Gasteiger partial charge on any atom is -0.368 e. The van der Waals surface area contributed by atoms with E-state index in [0.717, 1.165) is 19.0 Å². The summed E-state index contributed by atoms with van der Waals surface area (Å²) in [5.74, 6) is 0.999. The molecule has 3 nitrogen and oxygen atoms in total. The second-order valence-corrected chi connectivity index (χ2v) is 7.08. The van der Waals surface area contributed by atoms with Gasteiger partial charge in [-0.05, 0) is 59.3 Å². The molecule has 2 fully saturated rings. The number of rotatable bonds is 4. The van der Waals surface area contributed by atoms with Gasteiger partial charge in [-0.3, -0.25) is 4.90 Å². The van der Waals surface area contributed by atoms with Crippen LogP contribution in [-0.2, 0) is 0 Å². The molecular weight excluding hydrogens is 314 g/mol. The van der Waals surface area contributed by atoms with Crippen molar-refractivity contribution >= 4 is 21.6 Å². The van der Waals surface area contributed by atoms with Crippen LogP contribution in [0.1, 0.15) is 31.4 Å². The first kappa shape index (κ1) is 14.4. The van der Waals surface area contributed by atoms with E-state index in [1.54, 1.807) is 0 Å². The second-order valence-electron chi connectivity index (χ2n) is 6.23. The molecule has 1 aliphatic heterocycles. The molecule has 1 heterocycles. The summed E-state index contributed by atoms with van der Waals surface area (Å²) in [6, 6.07) is 6.62. The zero-order chi connectivity index (χ0) is 14.1. The van der Waals surface area contributed by atoms with Gasteiger partial charge in [0.15, 0.2) is 0 Å².